The van der Waals surface area contributed by atoms with Gasteiger partial charge in [0.2, 0.25) is 11.9 Å². The lowest BCUT2D eigenvalue weighted by Crippen LogP contribution is -2.33. The first-order valence-electron chi connectivity index (χ1n) is 6.72. The fourth-order valence-corrected chi connectivity index (χ4v) is 2.75. The molecule has 2 N–H and O–H groups in total. The molecule has 116 valence electrons. The van der Waals surface area contributed by atoms with Crippen LogP contribution in [-0.4, -0.2) is 28.0 Å². The van der Waals surface area contributed by atoms with Gasteiger partial charge in [-0.3, -0.25) is 10.1 Å². The van der Waals surface area contributed by atoms with E-state index >= 15 is 0 Å². The zero-order valence-corrected chi connectivity index (χ0v) is 13.8. The summed E-state index contributed by atoms with van der Waals surface area (Å²) in [6.07, 6.45) is 1.73. The van der Waals surface area contributed by atoms with E-state index in [9.17, 15) is 4.79 Å². The second kappa shape index (κ2) is 7.40. The molecule has 0 aliphatic heterocycles. The number of nitrogens with zero attached hydrogens (tertiary/aromatic N) is 3. The third kappa shape index (κ3) is 4.31. The Kier molecular flexibility index (Phi) is 5.55. The van der Waals surface area contributed by atoms with Gasteiger partial charge >= 0.3 is 0 Å². The molecule has 22 heavy (non-hydrogen) atoms. The van der Waals surface area contributed by atoms with Gasteiger partial charge in [0.1, 0.15) is 12.2 Å². The summed E-state index contributed by atoms with van der Waals surface area (Å²) in [5.41, 5.74) is 0.680. The molecular formula is C14H16ClN5OS. The number of imidazole rings is 1. The highest BCUT2D eigenvalue weighted by Crippen LogP contribution is 2.31. The number of halogens is 1. The Bertz CT molecular complexity index is 700. The Morgan fingerprint density at radius 1 is 1.55 bits per heavy atom. The highest BCUT2D eigenvalue weighted by Gasteiger charge is 2.13. The van der Waals surface area contributed by atoms with Gasteiger partial charge in [-0.25, -0.2) is 4.98 Å². The van der Waals surface area contributed by atoms with E-state index < -0.39 is 0 Å². The standard InChI is InChI=1S/C14H16ClN5OS/c1-9(2)17-7-13(21)19-14-18-10(8-20(14)6-5-16)11-3-4-12(15)22-11/h3-4,8-9,17H,6-7H2,1-2H3,(H,18,19,21). The first kappa shape index (κ1) is 16.5. The quantitative estimate of drug-likeness (QED) is 0.849. The second-order valence-electron chi connectivity index (χ2n) is 4.92. The minimum Gasteiger partial charge on any atom is -0.306 e. The molecule has 6 nitrogen and oxygen atoms in total. The summed E-state index contributed by atoms with van der Waals surface area (Å²) in [5, 5.41) is 14.6. The smallest absolute Gasteiger partial charge is 0.240 e. The fraction of sp³-hybridized carbons (Fsp3) is 0.357. The van der Waals surface area contributed by atoms with E-state index in [1.807, 2.05) is 19.9 Å². The number of rotatable bonds is 6. The summed E-state index contributed by atoms with van der Waals surface area (Å²) < 4.78 is 2.27. The van der Waals surface area contributed by atoms with Crippen LogP contribution in [0.2, 0.25) is 4.34 Å². The highest BCUT2D eigenvalue weighted by atomic mass is 35.5. The van der Waals surface area contributed by atoms with Crippen molar-refractivity contribution in [3.63, 3.8) is 0 Å². The molecule has 0 spiro atoms. The van der Waals surface area contributed by atoms with Gasteiger partial charge in [-0.05, 0) is 12.1 Å². The maximum Gasteiger partial charge on any atom is 0.240 e. The molecule has 0 saturated heterocycles. The SMILES string of the molecule is CC(C)NCC(=O)Nc1nc(-c2ccc(Cl)s2)cn1CC#N. The lowest BCUT2D eigenvalue weighted by atomic mass is 10.4. The molecule has 0 aromatic carbocycles. The second-order valence-corrected chi connectivity index (χ2v) is 6.64. The van der Waals surface area contributed by atoms with Crippen molar-refractivity contribution in [2.24, 2.45) is 0 Å². The number of aromatic nitrogens is 2. The van der Waals surface area contributed by atoms with Gasteiger partial charge in [0.05, 0.1) is 21.8 Å². The summed E-state index contributed by atoms with van der Waals surface area (Å²) in [5.74, 6) is 0.158. The van der Waals surface area contributed by atoms with Crippen LogP contribution in [0.1, 0.15) is 13.8 Å². The van der Waals surface area contributed by atoms with Gasteiger partial charge in [0.15, 0.2) is 0 Å². The average molecular weight is 338 g/mol. The molecule has 8 heteroatoms. The van der Waals surface area contributed by atoms with Crippen LogP contribution < -0.4 is 10.6 Å². The van der Waals surface area contributed by atoms with Crippen molar-refractivity contribution < 1.29 is 4.79 Å². The number of hydrogen-bond acceptors (Lipinski definition) is 5. The predicted octanol–water partition coefficient (Wildman–Crippen LogP) is 2.73. The molecule has 0 radical (unpaired) electrons. The number of carbonyl (C=O) groups excluding carboxylic acids is 1. The van der Waals surface area contributed by atoms with Crippen molar-refractivity contribution in [1.82, 2.24) is 14.9 Å². The highest BCUT2D eigenvalue weighted by molar-refractivity contribution is 7.19. The Labute approximate surface area is 137 Å². The van der Waals surface area contributed by atoms with Gasteiger partial charge in [-0.1, -0.05) is 25.4 Å². The lowest BCUT2D eigenvalue weighted by Gasteiger charge is -2.08. The molecular weight excluding hydrogens is 322 g/mol. The number of thiophene rings is 1. The van der Waals surface area contributed by atoms with Crippen LogP contribution in [0.3, 0.4) is 0 Å². The maximum atomic E-state index is 11.9. The van der Waals surface area contributed by atoms with Crippen LogP contribution in [0.5, 0.6) is 0 Å². The van der Waals surface area contributed by atoms with Gasteiger partial charge < -0.3 is 9.88 Å². The summed E-state index contributed by atoms with van der Waals surface area (Å²) >= 11 is 7.32. The number of carbonyl (C=O) groups is 1. The molecule has 1 amide bonds. The van der Waals surface area contributed by atoms with Crippen LogP contribution in [0.25, 0.3) is 10.6 Å². The fourth-order valence-electron chi connectivity index (χ4n) is 1.75. The van der Waals surface area contributed by atoms with Gasteiger partial charge in [0, 0.05) is 12.2 Å². The number of nitriles is 1. The van der Waals surface area contributed by atoms with Crippen LogP contribution in [0.15, 0.2) is 18.3 Å². The molecule has 2 aromatic heterocycles. The summed E-state index contributed by atoms with van der Waals surface area (Å²) in [4.78, 5) is 17.2. The molecule has 0 saturated carbocycles. The maximum absolute atomic E-state index is 11.9. The first-order valence-corrected chi connectivity index (χ1v) is 7.92. The van der Waals surface area contributed by atoms with E-state index in [0.717, 1.165) is 4.88 Å². The van der Waals surface area contributed by atoms with Gasteiger partial charge in [-0.15, -0.1) is 11.3 Å². The average Bonchev–Trinajstić information content (AvgIpc) is 3.04. The third-order valence-electron chi connectivity index (χ3n) is 2.77. The Balaban J connectivity index is 2.17. The molecule has 0 atom stereocenters. The predicted molar refractivity (Wildman–Crippen MR) is 87.9 cm³/mol. The van der Waals surface area contributed by atoms with Crippen molar-refractivity contribution in [3.8, 4) is 16.6 Å². The van der Waals surface area contributed by atoms with E-state index in [-0.39, 0.29) is 25.0 Å². The van der Waals surface area contributed by atoms with E-state index in [1.165, 1.54) is 11.3 Å². The molecule has 0 unspecified atom stereocenters. The summed E-state index contributed by atoms with van der Waals surface area (Å²) in [7, 11) is 0. The molecule has 2 aromatic rings. The van der Waals surface area contributed by atoms with Gasteiger partial charge in [0.25, 0.3) is 0 Å². The number of anilines is 1. The van der Waals surface area contributed by atoms with Gasteiger partial charge in [-0.2, -0.15) is 5.26 Å². The zero-order chi connectivity index (χ0) is 16.1. The summed E-state index contributed by atoms with van der Waals surface area (Å²) in [6, 6.07) is 5.91. The molecule has 2 heterocycles. The van der Waals surface area contributed by atoms with Crippen molar-refractivity contribution in [1.29, 1.82) is 5.26 Å². The minimum atomic E-state index is -0.200. The lowest BCUT2D eigenvalue weighted by molar-refractivity contribution is -0.115. The zero-order valence-electron chi connectivity index (χ0n) is 12.3. The minimum absolute atomic E-state index is 0.110. The van der Waals surface area contributed by atoms with Crippen molar-refractivity contribution in [2.45, 2.75) is 26.4 Å². The third-order valence-corrected chi connectivity index (χ3v) is 4.02. The monoisotopic (exact) mass is 337 g/mol. The Hall–Kier alpha value is -1.88. The molecule has 0 bridgehead atoms. The van der Waals surface area contributed by atoms with Crippen molar-refractivity contribution in [2.75, 3.05) is 11.9 Å². The first-order chi connectivity index (χ1) is 10.5. The summed E-state index contributed by atoms with van der Waals surface area (Å²) in [6.45, 7) is 4.22. The van der Waals surface area contributed by atoms with E-state index in [4.69, 9.17) is 16.9 Å². The number of hydrogen-bond donors (Lipinski definition) is 2. The van der Waals surface area contributed by atoms with Crippen LogP contribution in [-0.2, 0) is 11.3 Å². The topological polar surface area (TPSA) is 82.7 Å². The largest absolute Gasteiger partial charge is 0.306 e. The number of nitrogens with one attached hydrogen (secondary N) is 2. The molecule has 0 aliphatic rings. The number of amides is 1. The van der Waals surface area contributed by atoms with Crippen LogP contribution in [0.4, 0.5) is 5.95 Å². The van der Waals surface area contributed by atoms with E-state index in [0.29, 0.717) is 16.0 Å². The van der Waals surface area contributed by atoms with E-state index in [2.05, 4.69) is 21.7 Å². The van der Waals surface area contributed by atoms with Crippen molar-refractivity contribution in [3.05, 3.63) is 22.7 Å². The normalized spacial score (nSPS) is 10.7. The Morgan fingerprint density at radius 2 is 2.32 bits per heavy atom. The Morgan fingerprint density at radius 3 is 2.91 bits per heavy atom. The van der Waals surface area contributed by atoms with Crippen molar-refractivity contribution >= 4 is 34.8 Å². The molecule has 2 rings (SSSR count). The molecule has 0 fully saturated rings. The van der Waals surface area contributed by atoms with Crippen LogP contribution >= 0.6 is 22.9 Å². The molecule has 0 aliphatic carbocycles. The van der Waals surface area contributed by atoms with E-state index in [1.54, 1.807) is 16.8 Å². The van der Waals surface area contributed by atoms with Crippen LogP contribution in [0, 0.1) is 11.3 Å².